The van der Waals surface area contributed by atoms with Gasteiger partial charge in [0.15, 0.2) is 0 Å². The normalized spacial score (nSPS) is 25.8. The molecule has 0 aromatic carbocycles. The Labute approximate surface area is 94.0 Å². The first-order valence-corrected chi connectivity index (χ1v) is 6.20. The largest absolute Gasteiger partial charge is 0.378 e. The lowest BCUT2D eigenvalue weighted by molar-refractivity contribution is -0.0177. The number of hydrogen-bond acceptors (Lipinski definition) is 3. The summed E-state index contributed by atoms with van der Waals surface area (Å²) in [4.78, 5) is 2.56. The van der Waals surface area contributed by atoms with Crippen LogP contribution in [-0.4, -0.2) is 43.8 Å². The van der Waals surface area contributed by atoms with Gasteiger partial charge in [-0.2, -0.15) is 0 Å². The molecule has 0 spiro atoms. The summed E-state index contributed by atoms with van der Waals surface area (Å²) in [6.45, 7) is 11.5. The Bertz CT molecular complexity index is 173. The zero-order valence-corrected chi connectivity index (χ0v) is 10.4. The van der Waals surface area contributed by atoms with Gasteiger partial charge < -0.3 is 10.5 Å². The third kappa shape index (κ3) is 3.74. The minimum atomic E-state index is 0.603. The molecule has 1 rings (SSSR count). The lowest BCUT2D eigenvalue weighted by Gasteiger charge is -2.38. The van der Waals surface area contributed by atoms with Gasteiger partial charge in [0, 0.05) is 19.1 Å². The molecule has 0 aromatic heterocycles. The lowest BCUT2D eigenvalue weighted by atomic mass is 9.94. The number of morpholine rings is 1. The fourth-order valence-electron chi connectivity index (χ4n) is 2.16. The van der Waals surface area contributed by atoms with Gasteiger partial charge in [-0.3, -0.25) is 4.90 Å². The molecule has 0 bridgehead atoms. The second-order valence-electron chi connectivity index (χ2n) is 4.87. The van der Waals surface area contributed by atoms with Crippen LogP contribution in [0.4, 0.5) is 0 Å². The third-order valence-corrected chi connectivity index (χ3v) is 3.54. The molecular weight excluding hydrogens is 188 g/mol. The van der Waals surface area contributed by atoms with Crippen molar-refractivity contribution in [2.24, 2.45) is 17.6 Å². The SMILES string of the molecule is CCC1COCCN1CC(CN)C(C)C. The summed E-state index contributed by atoms with van der Waals surface area (Å²) in [5.41, 5.74) is 5.82. The lowest BCUT2D eigenvalue weighted by Crippen LogP contribution is -2.48. The molecule has 90 valence electrons. The fraction of sp³-hybridized carbons (Fsp3) is 1.00. The van der Waals surface area contributed by atoms with Gasteiger partial charge in [0.2, 0.25) is 0 Å². The molecule has 1 fully saturated rings. The third-order valence-electron chi connectivity index (χ3n) is 3.54. The molecule has 2 unspecified atom stereocenters. The molecule has 0 amide bonds. The van der Waals surface area contributed by atoms with Crippen molar-refractivity contribution in [2.45, 2.75) is 33.2 Å². The highest BCUT2D eigenvalue weighted by atomic mass is 16.5. The maximum Gasteiger partial charge on any atom is 0.0622 e. The quantitative estimate of drug-likeness (QED) is 0.750. The van der Waals surface area contributed by atoms with Gasteiger partial charge in [-0.1, -0.05) is 20.8 Å². The maximum absolute atomic E-state index is 5.82. The summed E-state index contributed by atoms with van der Waals surface area (Å²) in [7, 11) is 0. The summed E-state index contributed by atoms with van der Waals surface area (Å²) in [5.74, 6) is 1.30. The van der Waals surface area contributed by atoms with Gasteiger partial charge in [-0.25, -0.2) is 0 Å². The average molecular weight is 214 g/mol. The molecule has 0 aromatic rings. The number of ether oxygens (including phenoxy) is 1. The van der Waals surface area contributed by atoms with Crippen molar-refractivity contribution < 1.29 is 4.74 Å². The molecule has 1 aliphatic rings. The number of hydrogen-bond donors (Lipinski definition) is 1. The molecule has 1 saturated heterocycles. The van der Waals surface area contributed by atoms with Crippen molar-refractivity contribution in [3.05, 3.63) is 0 Å². The highest BCUT2D eigenvalue weighted by molar-refractivity contribution is 4.78. The van der Waals surface area contributed by atoms with Crippen LogP contribution >= 0.6 is 0 Å². The Morgan fingerprint density at radius 1 is 1.47 bits per heavy atom. The molecule has 2 N–H and O–H groups in total. The molecule has 2 atom stereocenters. The van der Waals surface area contributed by atoms with Gasteiger partial charge in [0.1, 0.15) is 0 Å². The van der Waals surface area contributed by atoms with Crippen LogP contribution in [0.2, 0.25) is 0 Å². The standard InChI is InChI=1S/C12H26N2O/c1-4-12-9-15-6-5-14(12)8-11(7-13)10(2)3/h10-12H,4-9,13H2,1-3H3. The summed E-state index contributed by atoms with van der Waals surface area (Å²) in [6.07, 6.45) is 1.18. The smallest absolute Gasteiger partial charge is 0.0622 e. The fourth-order valence-corrected chi connectivity index (χ4v) is 2.16. The second-order valence-corrected chi connectivity index (χ2v) is 4.87. The summed E-state index contributed by atoms with van der Waals surface area (Å²) in [5, 5.41) is 0. The van der Waals surface area contributed by atoms with E-state index < -0.39 is 0 Å². The van der Waals surface area contributed by atoms with Crippen molar-refractivity contribution in [2.75, 3.05) is 32.8 Å². The summed E-state index contributed by atoms with van der Waals surface area (Å²) >= 11 is 0. The van der Waals surface area contributed by atoms with Crippen LogP contribution in [0.5, 0.6) is 0 Å². The van der Waals surface area contributed by atoms with Crippen molar-refractivity contribution in [3.8, 4) is 0 Å². The van der Waals surface area contributed by atoms with E-state index in [1.807, 2.05) is 0 Å². The van der Waals surface area contributed by atoms with Crippen molar-refractivity contribution in [3.63, 3.8) is 0 Å². The number of nitrogens with two attached hydrogens (primary N) is 1. The molecule has 3 heteroatoms. The Balaban J connectivity index is 2.46. The van der Waals surface area contributed by atoms with Crippen LogP contribution in [0, 0.1) is 11.8 Å². The molecule has 0 aliphatic carbocycles. The number of nitrogens with zero attached hydrogens (tertiary/aromatic N) is 1. The van der Waals surface area contributed by atoms with Crippen LogP contribution in [0.15, 0.2) is 0 Å². The molecule has 1 heterocycles. The monoisotopic (exact) mass is 214 g/mol. The highest BCUT2D eigenvalue weighted by Gasteiger charge is 2.24. The van der Waals surface area contributed by atoms with Crippen LogP contribution < -0.4 is 5.73 Å². The van der Waals surface area contributed by atoms with Crippen LogP contribution in [0.25, 0.3) is 0 Å². The van der Waals surface area contributed by atoms with Gasteiger partial charge in [-0.15, -0.1) is 0 Å². The molecule has 1 aliphatic heterocycles. The van der Waals surface area contributed by atoms with E-state index in [1.165, 1.54) is 6.42 Å². The van der Waals surface area contributed by atoms with Gasteiger partial charge in [0.05, 0.1) is 13.2 Å². The first-order valence-electron chi connectivity index (χ1n) is 6.20. The molecule has 3 nitrogen and oxygen atoms in total. The zero-order chi connectivity index (χ0) is 11.3. The summed E-state index contributed by atoms with van der Waals surface area (Å²) in [6, 6.07) is 0.603. The molecule has 0 saturated carbocycles. The Hall–Kier alpha value is -0.120. The predicted octanol–water partition coefficient (Wildman–Crippen LogP) is 1.33. The topological polar surface area (TPSA) is 38.5 Å². The van der Waals surface area contributed by atoms with E-state index in [0.29, 0.717) is 17.9 Å². The van der Waals surface area contributed by atoms with Gasteiger partial charge >= 0.3 is 0 Å². The first kappa shape index (κ1) is 12.9. The summed E-state index contributed by atoms with van der Waals surface area (Å²) < 4.78 is 5.51. The van der Waals surface area contributed by atoms with Crippen LogP contribution in [-0.2, 0) is 4.74 Å². The molecule has 15 heavy (non-hydrogen) atoms. The predicted molar refractivity (Wildman–Crippen MR) is 63.9 cm³/mol. The van der Waals surface area contributed by atoms with E-state index >= 15 is 0 Å². The molecular formula is C12H26N2O. The van der Waals surface area contributed by atoms with E-state index in [0.717, 1.165) is 32.8 Å². The van der Waals surface area contributed by atoms with Crippen molar-refractivity contribution in [1.29, 1.82) is 0 Å². The van der Waals surface area contributed by atoms with Crippen LogP contribution in [0.3, 0.4) is 0 Å². The van der Waals surface area contributed by atoms with E-state index in [-0.39, 0.29) is 0 Å². The van der Waals surface area contributed by atoms with E-state index in [4.69, 9.17) is 10.5 Å². The van der Waals surface area contributed by atoms with E-state index in [2.05, 4.69) is 25.7 Å². The minimum Gasteiger partial charge on any atom is -0.378 e. The Kier molecular flexibility index (Phi) is 5.58. The van der Waals surface area contributed by atoms with E-state index in [9.17, 15) is 0 Å². The van der Waals surface area contributed by atoms with Gasteiger partial charge in [0.25, 0.3) is 0 Å². The molecule has 0 radical (unpaired) electrons. The average Bonchev–Trinajstić information content (AvgIpc) is 2.25. The number of rotatable bonds is 5. The van der Waals surface area contributed by atoms with Crippen molar-refractivity contribution in [1.82, 2.24) is 4.90 Å². The Morgan fingerprint density at radius 2 is 2.20 bits per heavy atom. The highest BCUT2D eigenvalue weighted by Crippen LogP contribution is 2.16. The van der Waals surface area contributed by atoms with Gasteiger partial charge in [-0.05, 0) is 24.8 Å². The second kappa shape index (κ2) is 6.46. The van der Waals surface area contributed by atoms with Crippen molar-refractivity contribution >= 4 is 0 Å². The Morgan fingerprint density at radius 3 is 2.73 bits per heavy atom. The first-order chi connectivity index (χ1) is 7.19. The zero-order valence-electron chi connectivity index (χ0n) is 10.4. The van der Waals surface area contributed by atoms with E-state index in [1.54, 1.807) is 0 Å². The van der Waals surface area contributed by atoms with Crippen LogP contribution in [0.1, 0.15) is 27.2 Å². The maximum atomic E-state index is 5.82. The minimum absolute atomic E-state index is 0.603.